The Kier molecular flexibility index (Phi) is 6.35. The van der Waals surface area contributed by atoms with Crippen molar-refractivity contribution in [1.82, 2.24) is 0 Å². The average Bonchev–Trinajstić information content (AvgIpc) is 2.59. The van der Waals surface area contributed by atoms with E-state index in [1.54, 1.807) is 12.1 Å². The lowest BCUT2D eigenvalue weighted by molar-refractivity contribution is -0.108. The zero-order valence-corrected chi connectivity index (χ0v) is 12.4. The number of carbonyl (C=O) groups excluding carboxylic acids is 1. The fourth-order valence-corrected chi connectivity index (χ4v) is 2.36. The number of aldehydes is 1. The molecule has 0 saturated carbocycles. The molecule has 1 atom stereocenters. The van der Waals surface area contributed by atoms with Crippen LogP contribution in [-0.4, -0.2) is 12.9 Å². The highest BCUT2D eigenvalue weighted by Crippen LogP contribution is 2.23. The monoisotopic (exact) mass is 293 g/mol. The number of hydrogen-bond acceptors (Lipinski definition) is 3. The van der Waals surface area contributed by atoms with Gasteiger partial charge in [-0.25, -0.2) is 0 Å². The summed E-state index contributed by atoms with van der Waals surface area (Å²) >= 11 is 0. The molecule has 3 nitrogen and oxygen atoms in total. The predicted molar refractivity (Wildman–Crippen MR) is 85.3 cm³/mol. The van der Waals surface area contributed by atoms with Gasteiger partial charge < -0.3 is 9.53 Å². The minimum atomic E-state index is 0.140. The molecule has 0 aromatic heterocycles. The standard InChI is InChI=1S/C19H19NO2/c20-14-16-6-8-18(9-7-16)19(10-12-21)11-13-22-15-17-4-2-1-3-5-17/h1-9,12,19H,10-11,13,15H2/t19-/m0/s1. The largest absolute Gasteiger partial charge is 0.377 e. The maximum Gasteiger partial charge on any atom is 0.120 e. The molecular formula is C19H19NO2. The number of nitriles is 1. The molecule has 0 N–H and O–H groups in total. The maximum absolute atomic E-state index is 10.9. The van der Waals surface area contributed by atoms with Crippen molar-refractivity contribution in [3.8, 4) is 6.07 Å². The zero-order chi connectivity index (χ0) is 15.6. The van der Waals surface area contributed by atoms with Crippen LogP contribution in [0.15, 0.2) is 54.6 Å². The quantitative estimate of drug-likeness (QED) is 0.549. The van der Waals surface area contributed by atoms with Crippen LogP contribution in [0, 0.1) is 11.3 Å². The summed E-state index contributed by atoms with van der Waals surface area (Å²) in [6.45, 7) is 1.19. The first-order chi connectivity index (χ1) is 10.8. The molecule has 0 saturated heterocycles. The van der Waals surface area contributed by atoms with Crippen molar-refractivity contribution < 1.29 is 9.53 Å². The highest BCUT2D eigenvalue weighted by Gasteiger charge is 2.11. The lowest BCUT2D eigenvalue weighted by Crippen LogP contribution is -2.05. The Balaban J connectivity index is 1.86. The minimum absolute atomic E-state index is 0.140. The van der Waals surface area contributed by atoms with Crippen LogP contribution in [0.2, 0.25) is 0 Å². The van der Waals surface area contributed by atoms with E-state index in [-0.39, 0.29) is 5.92 Å². The van der Waals surface area contributed by atoms with Crippen molar-refractivity contribution >= 4 is 6.29 Å². The topological polar surface area (TPSA) is 50.1 Å². The number of benzene rings is 2. The van der Waals surface area contributed by atoms with Gasteiger partial charge in [0.25, 0.3) is 0 Å². The molecular weight excluding hydrogens is 274 g/mol. The smallest absolute Gasteiger partial charge is 0.120 e. The van der Waals surface area contributed by atoms with Gasteiger partial charge in [-0.05, 0) is 35.6 Å². The molecule has 2 rings (SSSR count). The Morgan fingerprint density at radius 3 is 2.45 bits per heavy atom. The molecule has 0 aliphatic heterocycles. The third kappa shape index (κ3) is 4.83. The van der Waals surface area contributed by atoms with E-state index in [4.69, 9.17) is 10.00 Å². The first-order valence-corrected chi connectivity index (χ1v) is 7.39. The molecule has 0 aliphatic carbocycles. The van der Waals surface area contributed by atoms with Crippen molar-refractivity contribution in [3.63, 3.8) is 0 Å². The van der Waals surface area contributed by atoms with Crippen molar-refractivity contribution in [1.29, 1.82) is 5.26 Å². The summed E-state index contributed by atoms with van der Waals surface area (Å²) in [5.74, 6) is 0.140. The zero-order valence-electron chi connectivity index (χ0n) is 12.4. The van der Waals surface area contributed by atoms with Crippen molar-refractivity contribution in [2.75, 3.05) is 6.61 Å². The molecule has 22 heavy (non-hydrogen) atoms. The first kappa shape index (κ1) is 15.9. The van der Waals surface area contributed by atoms with E-state index in [0.29, 0.717) is 25.2 Å². The molecule has 2 aromatic carbocycles. The molecule has 0 spiro atoms. The van der Waals surface area contributed by atoms with E-state index in [0.717, 1.165) is 23.8 Å². The van der Waals surface area contributed by atoms with Gasteiger partial charge in [-0.15, -0.1) is 0 Å². The molecule has 0 fully saturated rings. The summed E-state index contributed by atoms with van der Waals surface area (Å²) in [5, 5.41) is 8.83. The molecule has 0 unspecified atom stereocenters. The molecule has 0 heterocycles. The Morgan fingerprint density at radius 1 is 1.09 bits per heavy atom. The number of nitrogens with zero attached hydrogens (tertiary/aromatic N) is 1. The second-order valence-electron chi connectivity index (χ2n) is 5.16. The normalized spacial score (nSPS) is 11.6. The lowest BCUT2D eigenvalue weighted by atomic mass is 9.93. The third-order valence-electron chi connectivity index (χ3n) is 3.61. The van der Waals surface area contributed by atoms with E-state index in [2.05, 4.69) is 6.07 Å². The maximum atomic E-state index is 10.9. The molecule has 0 aliphatic rings. The van der Waals surface area contributed by atoms with E-state index >= 15 is 0 Å². The number of ether oxygens (including phenoxy) is 1. The molecule has 0 amide bonds. The van der Waals surface area contributed by atoms with Crippen LogP contribution in [-0.2, 0) is 16.1 Å². The Hall–Kier alpha value is -2.44. The van der Waals surface area contributed by atoms with Gasteiger partial charge in [-0.1, -0.05) is 42.5 Å². The van der Waals surface area contributed by atoms with Gasteiger partial charge in [0.2, 0.25) is 0 Å². The van der Waals surface area contributed by atoms with Gasteiger partial charge >= 0.3 is 0 Å². The highest BCUT2D eigenvalue weighted by atomic mass is 16.5. The predicted octanol–water partition coefficient (Wildman–Crippen LogP) is 3.84. The summed E-state index contributed by atoms with van der Waals surface area (Å²) < 4.78 is 5.69. The summed E-state index contributed by atoms with van der Waals surface area (Å²) in [5.41, 5.74) is 2.86. The fraction of sp³-hybridized carbons (Fsp3) is 0.263. The van der Waals surface area contributed by atoms with Crippen LogP contribution in [0.5, 0.6) is 0 Å². The van der Waals surface area contributed by atoms with Gasteiger partial charge in [-0.2, -0.15) is 5.26 Å². The lowest BCUT2D eigenvalue weighted by Gasteiger charge is -2.15. The minimum Gasteiger partial charge on any atom is -0.377 e. The van der Waals surface area contributed by atoms with E-state index in [1.807, 2.05) is 42.5 Å². The second-order valence-corrected chi connectivity index (χ2v) is 5.16. The van der Waals surface area contributed by atoms with E-state index < -0.39 is 0 Å². The summed E-state index contributed by atoms with van der Waals surface area (Å²) in [6, 6.07) is 19.5. The summed E-state index contributed by atoms with van der Waals surface area (Å²) in [7, 11) is 0. The van der Waals surface area contributed by atoms with Crippen LogP contribution in [0.25, 0.3) is 0 Å². The Morgan fingerprint density at radius 2 is 1.82 bits per heavy atom. The molecule has 0 radical (unpaired) electrons. The molecule has 112 valence electrons. The third-order valence-corrected chi connectivity index (χ3v) is 3.61. The first-order valence-electron chi connectivity index (χ1n) is 7.39. The highest BCUT2D eigenvalue weighted by molar-refractivity contribution is 5.51. The van der Waals surface area contributed by atoms with E-state index in [9.17, 15) is 4.79 Å². The van der Waals surface area contributed by atoms with Crippen molar-refractivity contribution in [2.45, 2.75) is 25.4 Å². The molecule has 2 aromatic rings. The SMILES string of the molecule is N#Cc1ccc([C@@H](CC=O)CCOCc2ccccc2)cc1. The van der Waals surface area contributed by atoms with Crippen LogP contribution in [0.3, 0.4) is 0 Å². The van der Waals surface area contributed by atoms with E-state index in [1.165, 1.54) is 0 Å². The number of hydrogen-bond donors (Lipinski definition) is 0. The van der Waals surface area contributed by atoms with Gasteiger partial charge in [0.15, 0.2) is 0 Å². The van der Waals surface area contributed by atoms with Crippen molar-refractivity contribution in [2.24, 2.45) is 0 Å². The number of rotatable bonds is 8. The second kappa shape index (κ2) is 8.76. The molecule has 3 heteroatoms. The van der Waals surface area contributed by atoms with Gasteiger partial charge in [-0.3, -0.25) is 0 Å². The summed E-state index contributed by atoms with van der Waals surface area (Å²) in [4.78, 5) is 10.9. The van der Waals surface area contributed by atoms with Crippen LogP contribution < -0.4 is 0 Å². The van der Waals surface area contributed by atoms with Crippen LogP contribution >= 0.6 is 0 Å². The Bertz CT molecular complexity index is 614. The molecule has 0 bridgehead atoms. The average molecular weight is 293 g/mol. The Labute approximate surface area is 131 Å². The summed E-state index contributed by atoms with van der Waals surface area (Å²) in [6.07, 6.45) is 2.21. The van der Waals surface area contributed by atoms with Crippen LogP contribution in [0.1, 0.15) is 35.4 Å². The van der Waals surface area contributed by atoms with Gasteiger partial charge in [0, 0.05) is 13.0 Å². The van der Waals surface area contributed by atoms with Gasteiger partial charge in [0.05, 0.1) is 18.2 Å². The number of carbonyl (C=O) groups is 1. The fourth-order valence-electron chi connectivity index (χ4n) is 2.36. The van der Waals surface area contributed by atoms with Gasteiger partial charge in [0.1, 0.15) is 6.29 Å². The van der Waals surface area contributed by atoms with Crippen LogP contribution in [0.4, 0.5) is 0 Å². The van der Waals surface area contributed by atoms with Crippen molar-refractivity contribution in [3.05, 3.63) is 71.3 Å².